The third-order valence-corrected chi connectivity index (χ3v) is 9.54. The summed E-state index contributed by atoms with van der Waals surface area (Å²) in [7, 11) is 0. The lowest BCUT2D eigenvalue weighted by Gasteiger charge is -2.10. The Bertz CT molecular complexity index is 3420. The summed E-state index contributed by atoms with van der Waals surface area (Å²) in [6.07, 6.45) is 0. The van der Waals surface area contributed by atoms with Gasteiger partial charge in [-0.1, -0.05) is 109 Å². The molecule has 0 aliphatic carbocycles. The number of nitrogens with zero attached hydrogens (tertiary/aromatic N) is 4. The van der Waals surface area contributed by atoms with Crippen LogP contribution in [0, 0.1) is 0 Å². The third kappa shape index (κ3) is 4.20. The Morgan fingerprint density at radius 1 is 0.451 bits per heavy atom. The summed E-state index contributed by atoms with van der Waals surface area (Å²) in [5.41, 5.74) is 7.19. The van der Waals surface area contributed by atoms with Crippen LogP contribution in [0.4, 0.5) is 0 Å². The van der Waals surface area contributed by atoms with Gasteiger partial charge in [0, 0.05) is 38.2 Å². The van der Waals surface area contributed by atoms with Gasteiger partial charge in [0.05, 0.1) is 34.3 Å². The Morgan fingerprint density at radius 3 is 1.96 bits per heavy atom. The molecular formula is C45H26N4O2. The van der Waals surface area contributed by atoms with E-state index in [1.165, 1.54) is 0 Å². The Balaban J connectivity index is 1.15. The SMILES string of the molecule is [2H]c1c([2H])c([2H])c(-c2nc(-c3ccccc3)nc(-c3ccc4c(c3)oc3cccc(-n5c6ccccc6c6ccc7oc8ccccc8c7c65)c34)n2)c([2H])c1[2H]. The maximum atomic E-state index is 8.65. The quantitative estimate of drug-likeness (QED) is 0.188. The zero-order valence-electron chi connectivity index (χ0n) is 31.7. The molecule has 0 radical (unpaired) electrons. The standard InChI is InChI=1S/C45H26N4O2/c1-3-12-27(13-4-1)43-46-44(28-14-5-2-6-15-28)48-45(47-43)29-22-23-33-39(26-29)51-37-21-11-19-35(40(33)37)49-34-18-9-7-16-30(34)31-24-25-38-41(42(31)49)32-17-8-10-20-36(32)50-38/h1-26H/i1D,3D,4D,12D,13D. The van der Waals surface area contributed by atoms with E-state index in [1.54, 1.807) is 0 Å². The molecular weight excluding hydrogens is 629 g/mol. The Kier molecular flexibility index (Phi) is 4.91. The number of benzene rings is 7. The van der Waals surface area contributed by atoms with Gasteiger partial charge in [-0.3, -0.25) is 0 Å². The van der Waals surface area contributed by atoms with Crippen LogP contribution in [-0.2, 0) is 0 Å². The highest BCUT2D eigenvalue weighted by Crippen LogP contribution is 2.43. The summed E-state index contributed by atoms with van der Waals surface area (Å²) in [5, 5.41) is 6.15. The molecule has 0 aliphatic heterocycles. The maximum absolute atomic E-state index is 8.65. The average molecular weight is 660 g/mol. The van der Waals surface area contributed by atoms with Crippen molar-refractivity contribution >= 4 is 65.7 Å². The van der Waals surface area contributed by atoms with E-state index in [0.717, 1.165) is 60.2 Å². The second kappa shape index (κ2) is 10.7. The molecule has 0 spiro atoms. The molecule has 0 saturated heterocycles. The fraction of sp³-hybridized carbons (Fsp3) is 0. The van der Waals surface area contributed by atoms with Crippen molar-refractivity contribution in [3.8, 4) is 39.9 Å². The first kappa shape index (κ1) is 23.3. The van der Waals surface area contributed by atoms with Crippen molar-refractivity contribution in [3.63, 3.8) is 0 Å². The molecule has 0 aliphatic rings. The van der Waals surface area contributed by atoms with Crippen molar-refractivity contribution in [3.05, 3.63) is 158 Å². The van der Waals surface area contributed by atoms with Gasteiger partial charge >= 0.3 is 0 Å². The highest BCUT2D eigenvalue weighted by molar-refractivity contribution is 6.25. The molecule has 0 unspecified atom stereocenters. The zero-order valence-corrected chi connectivity index (χ0v) is 26.7. The lowest BCUT2D eigenvalue weighted by atomic mass is 10.1. The normalized spacial score (nSPS) is 13.3. The molecule has 11 rings (SSSR count). The lowest BCUT2D eigenvalue weighted by Crippen LogP contribution is -2.00. The summed E-state index contributed by atoms with van der Waals surface area (Å²) < 4.78 is 57.3. The topological polar surface area (TPSA) is 69.9 Å². The summed E-state index contributed by atoms with van der Waals surface area (Å²) in [6, 6.07) is 39.7. The summed E-state index contributed by atoms with van der Waals surface area (Å²) in [6.45, 7) is 0. The van der Waals surface area contributed by atoms with E-state index in [4.69, 9.17) is 25.7 Å². The van der Waals surface area contributed by atoms with Crippen LogP contribution >= 0.6 is 0 Å². The maximum Gasteiger partial charge on any atom is 0.164 e. The van der Waals surface area contributed by atoms with Crippen molar-refractivity contribution in [2.24, 2.45) is 0 Å². The van der Waals surface area contributed by atoms with Crippen LogP contribution in [0.25, 0.3) is 106 Å². The lowest BCUT2D eigenvalue weighted by molar-refractivity contribution is 0.669. The van der Waals surface area contributed by atoms with E-state index in [1.807, 2.05) is 78.9 Å². The monoisotopic (exact) mass is 659 g/mol. The highest BCUT2D eigenvalue weighted by atomic mass is 16.3. The van der Waals surface area contributed by atoms with Crippen molar-refractivity contribution in [2.45, 2.75) is 0 Å². The summed E-state index contributed by atoms with van der Waals surface area (Å²) >= 11 is 0. The molecule has 0 N–H and O–H groups in total. The Labute approximate surface area is 297 Å². The zero-order chi connectivity index (χ0) is 37.8. The third-order valence-electron chi connectivity index (χ3n) is 9.54. The van der Waals surface area contributed by atoms with Gasteiger partial charge in [-0.15, -0.1) is 0 Å². The second-order valence-corrected chi connectivity index (χ2v) is 12.4. The van der Waals surface area contributed by atoms with Crippen LogP contribution in [0.1, 0.15) is 6.85 Å². The van der Waals surface area contributed by atoms with Crippen molar-refractivity contribution in [1.29, 1.82) is 0 Å². The first-order valence-electron chi connectivity index (χ1n) is 19.0. The van der Waals surface area contributed by atoms with Crippen LogP contribution in [0.15, 0.2) is 166 Å². The molecule has 4 heterocycles. The van der Waals surface area contributed by atoms with E-state index in [2.05, 4.69) is 58.1 Å². The molecule has 0 amide bonds. The fourth-order valence-corrected chi connectivity index (χ4v) is 7.34. The van der Waals surface area contributed by atoms with E-state index in [9.17, 15) is 0 Å². The molecule has 6 nitrogen and oxygen atoms in total. The van der Waals surface area contributed by atoms with Crippen LogP contribution in [-0.4, -0.2) is 19.5 Å². The molecule has 0 fully saturated rings. The molecule has 11 aromatic rings. The Morgan fingerprint density at radius 2 is 1.10 bits per heavy atom. The molecule has 7 aromatic carbocycles. The number of hydrogen-bond donors (Lipinski definition) is 0. The molecule has 4 aromatic heterocycles. The van der Waals surface area contributed by atoms with Gasteiger partial charge in [-0.25, -0.2) is 15.0 Å². The number of hydrogen-bond acceptors (Lipinski definition) is 5. The van der Waals surface area contributed by atoms with Gasteiger partial charge < -0.3 is 13.4 Å². The predicted octanol–water partition coefficient (Wildman–Crippen LogP) is 11.8. The molecule has 6 heteroatoms. The number of rotatable bonds is 4. The van der Waals surface area contributed by atoms with E-state index < -0.39 is 30.2 Å². The molecule has 51 heavy (non-hydrogen) atoms. The number of para-hydroxylation sites is 2. The van der Waals surface area contributed by atoms with E-state index in [-0.39, 0.29) is 17.2 Å². The first-order chi connectivity index (χ1) is 27.4. The number of furan rings is 2. The predicted molar refractivity (Wildman–Crippen MR) is 205 cm³/mol. The van der Waals surface area contributed by atoms with Crippen LogP contribution in [0.2, 0.25) is 0 Å². The first-order valence-corrected chi connectivity index (χ1v) is 16.5. The number of fused-ring (bicyclic) bond motifs is 10. The fourth-order valence-electron chi connectivity index (χ4n) is 7.34. The van der Waals surface area contributed by atoms with Gasteiger partial charge in [0.1, 0.15) is 22.3 Å². The molecule has 0 saturated carbocycles. The van der Waals surface area contributed by atoms with Crippen molar-refractivity contribution < 1.29 is 15.7 Å². The summed E-state index contributed by atoms with van der Waals surface area (Å²) in [5.74, 6) is 0.538. The Hall–Kier alpha value is -7.05. The van der Waals surface area contributed by atoms with Gasteiger partial charge in [0.25, 0.3) is 0 Å². The second-order valence-electron chi connectivity index (χ2n) is 12.4. The average Bonchev–Trinajstić information content (AvgIpc) is 3.91. The highest BCUT2D eigenvalue weighted by Gasteiger charge is 2.22. The molecule has 0 atom stereocenters. The molecule has 238 valence electrons. The van der Waals surface area contributed by atoms with Gasteiger partial charge in [0.15, 0.2) is 17.5 Å². The van der Waals surface area contributed by atoms with Crippen LogP contribution in [0.3, 0.4) is 0 Å². The van der Waals surface area contributed by atoms with Crippen molar-refractivity contribution in [2.75, 3.05) is 0 Å². The van der Waals surface area contributed by atoms with Crippen LogP contribution in [0.5, 0.6) is 0 Å². The van der Waals surface area contributed by atoms with E-state index in [0.29, 0.717) is 28.1 Å². The van der Waals surface area contributed by atoms with Crippen molar-refractivity contribution in [1.82, 2.24) is 19.5 Å². The van der Waals surface area contributed by atoms with Gasteiger partial charge in [0.2, 0.25) is 0 Å². The molecule has 0 bridgehead atoms. The van der Waals surface area contributed by atoms with Gasteiger partial charge in [-0.2, -0.15) is 0 Å². The summed E-state index contributed by atoms with van der Waals surface area (Å²) in [4.78, 5) is 14.2. The largest absolute Gasteiger partial charge is 0.456 e. The smallest absolute Gasteiger partial charge is 0.164 e. The number of aromatic nitrogens is 4. The minimum atomic E-state index is -0.487. The minimum Gasteiger partial charge on any atom is -0.456 e. The van der Waals surface area contributed by atoms with E-state index >= 15 is 0 Å². The van der Waals surface area contributed by atoms with Crippen LogP contribution < -0.4 is 0 Å². The minimum absolute atomic E-state index is 0.0257. The van der Waals surface area contributed by atoms with Gasteiger partial charge in [-0.05, 0) is 48.5 Å².